The Labute approximate surface area is 171 Å². The first-order valence-corrected chi connectivity index (χ1v) is 9.91. The normalized spacial score (nSPS) is 12.6. The highest BCUT2D eigenvalue weighted by molar-refractivity contribution is 8.00. The van der Waals surface area contributed by atoms with E-state index in [4.69, 9.17) is 10.7 Å². The molecule has 148 valence electrons. The zero-order valence-electron chi connectivity index (χ0n) is 17.0. The lowest BCUT2D eigenvalue weighted by molar-refractivity contribution is -0.117. The summed E-state index contributed by atoms with van der Waals surface area (Å²) in [6.45, 7) is 2.09. The van der Waals surface area contributed by atoms with Crippen molar-refractivity contribution >= 4 is 35.9 Å². The topological polar surface area (TPSA) is 83.9 Å². The Morgan fingerprint density at radius 2 is 1.79 bits per heavy atom. The van der Waals surface area contributed by atoms with Gasteiger partial charge in [0.2, 0.25) is 5.91 Å². The van der Waals surface area contributed by atoms with Crippen LogP contribution in [-0.2, 0) is 11.2 Å². The average Bonchev–Trinajstić information content (AvgIpc) is 2.68. The fourth-order valence-electron chi connectivity index (χ4n) is 2.99. The van der Waals surface area contributed by atoms with Crippen molar-refractivity contribution in [3.63, 3.8) is 0 Å². The lowest BCUT2D eigenvalue weighted by Gasteiger charge is -2.22. The first kappa shape index (κ1) is 21.6. The summed E-state index contributed by atoms with van der Waals surface area (Å²) in [7, 11) is 7.36. The molecular weight excluding hydrogens is 370 g/mol. The number of rotatable bonds is 8. The number of carbonyl (C=O) groups is 1. The van der Waals surface area contributed by atoms with Gasteiger partial charge in [0, 0.05) is 51.7 Å². The molecule has 0 aliphatic rings. The third-order valence-corrected chi connectivity index (χ3v) is 5.49. The summed E-state index contributed by atoms with van der Waals surface area (Å²) in [5.41, 5.74) is 9.54. The molecular formula is C21H27N5OS. The molecule has 6 nitrogen and oxygen atoms in total. The van der Waals surface area contributed by atoms with E-state index in [0.29, 0.717) is 0 Å². The van der Waals surface area contributed by atoms with E-state index in [2.05, 4.69) is 16.9 Å². The molecule has 0 bridgehead atoms. The van der Waals surface area contributed by atoms with Crippen molar-refractivity contribution in [2.24, 2.45) is 15.7 Å². The molecule has 0 spiro atoms. The summed E-state index contributed by atoms with van der Waals surface area (Å²) in [4.78, 5) is 27.5. The number of aliphatic imine (C=N–C) groups is 2. The fourth-order valence-corrected chi connectivity index (χ4v) is 4.07. The van der Waals surface area contributed by atoms with Crippen LogP contribution < -0.4 is 10.6 Å². The first-order valence-electron chi connectivity index (χ1n) is 9.03. The van der Waals surface area contributed by atoms with Gasteiger partial charge >= 0.3 is 0 Å². The smallest absolute Gasteiger partial charge is 0.235 e. The van der Waals surface area contributed by atoms with Crippen LogP contribution >= 0.6 is 11.8 Å². The van der Waals surface area contributed by atoms with E-state index in [1.165, 1.54) is 11.8 Å². The maximum Gasteiger partial charge on any atom is 0.235 e. The Hall–Kier alpha value is -2.67. The number of benzene rings is 1. The number of amides is 1. The molecule has 0 saturated heterocycles. The number of anilines is 1. The quantitative estimate of drug-likeness (QED) is 0.548. The molecule has 1 aromatic carbocycles. The number of primary amides is 1. The SMILES string of the molecule is CCc1c(C=NC)c(S[C@@H](C(N)=O)c2ccccc2)nc(N(C)C)c1C=NC. The van der Waals surface area contributed by atoms with Crippen LogP contribution in [0.15, 0.2) is 45.3 Å². The van der Waals surface area contributed by atoms with Crippen molar-refractivity contribution in [1.82, 2.24) is 4.98 Å². The molecule has 0 aliphatic carbocycles. The van der Waals surface area contributed by atoms with E-state index < -0.39 is 11.2 Å². The van der Waals surface area contributed by atoms with Crippen LogP contribution in [-0.4, -0.2) is 51.5 Å². The van der Waals surface area contributed by atoms with Crippen molar-refractivity contribution in [3.05, 3.63) is 52.6 Å². The average molecular weight is 398 g/mol. The minimum atomic E-state index is -0.539. The van der Waals surface area contributed by atoms with E-state index in [-0.39, 0.29) is 0 Å². The van der Waals surface area contributed by atoms with Crippen LogP contribution in [0, 0.1) is 0 Å². The predicted molar refractivity (Wildman–Crippen MR) is 119 cm³/mol. The third kappa shape index (κ3) is 4.78. The van der Waals surface area contributed by atoms with Crippen molar-refractivity contribution in [1.29, 1.82) is 0 Å². The Morgan fingerprint density at radius 3 is 2.29 bits per heavy atom. The highest BCUT2D eigenvalue weighted by Gasteiger charge is 2.25. The van der Waals surface area contributed by atoms with Gasteiger partial charge in [-0.3, -0.25) is 14.8 Å². The second-order valence-corrected chi connectivity index (χ2v) is 7.47. The van der Waals surface area contributed by atoms with Crippen molar-refractivity contribution in [3.8, 4) is 0 Å². The molecule has 1 heterocycles. The highest BCUT2D eigenvalue weighted by Crippen LogP contribution is 2.38. The van der Waals surface area contributed by atoms with Crippen LogP contribution in [0.5, 0.6) is 0 Å². The Morgan fingerprint density at radius 1 is 1.18 bits per heavy atom. The number of hydrogen-bond acceptors (Lipinski definition) is 6. The van der Waals surface area contributed by atoms with Crippen molar-refractivity contribution < 1.29 is 4.79 Å². The van der Waals surface area contributed by atoms with Gasteiger partial charge in [-0.25, -0.2) is 4.98 Å². The lowest BCUT2D eigenvalue weighted by Crippen LogP contribution is -2.21. The lowest BCUT2D eigenvalue weighted by atomic mass is 10.0. The summed E-state index contributed by atoms with van der Waals surface area (Å²) in [5.74, 6) is 0.399. The molecule has 28 heavy (non-hydrogen) atoms. The zero-order chi connectivity index (χ0) is 20.7. The molecule has 0 radical (unpaired) electrons. The number of aromatic nitrogens is 1. The van der Waals surface area contributed by atoms with Gasteiger partial charge in [-0.1, -0.05) is 49.0 Å². The van der Waals surface area contributed by atoms with Gasteiger partial charge in [0.15, 0.2) is 0 Å². The molecule has 0 saturated carbocycles. The largest absolute Gasteiger partial charge is 0.368 e. The molecule has 1 aromatic heterocycles. The number of pyridine rings is 1. The van der Waals surface area contributed by atoms with Gasteiger partial charge in [-0.2, -0.15) is 0 Å². The number of thioether (sulfide) groups is 1. The van der Waals surface area contributed by atoms with Gasteiger partial charge in [0.25, 0.3) is 0 Å². The molecule has 0 unspecified atom stereocenters. The number of carbonyl (C=O) groups excluding carboxylic acids is 1. The van der Waals surface area contributed by atoms with Gasteiger partial charge in [-0.15, -0.1) is 0 Å². The summed E-state index contributed by atoms with van der Waals surface area (Å²) < 4.78 is 0. The number of nitrogens with zero attached hydrogens (tertiary/aromatic N) is 4. The van der Waals surface area contributed by atoms with Crippen LogP contribution in [0.3, 0.4) is 0 Å². The van der Waals surface area contributed by atoms with Crippen molar-refractivity contribution in [2.75, 3.05) is 33.1 Å². The monoisotopic (exact) mass is 397 g/mol. The summed E-state index contributed by atoms with van der Waals surface area (Å²) in [6.07, 6.45) is 4.40. The minimum absolute atomic E-state index is 0.402. The Kier molecular flexibility index (Phi) is 7.75. The second-order valence-electron chi connectivity index (χ2n) is 6.38. The first-order chi connectivity index (χ1) is 13.4. The molecule has 2 rings (SSSR count). The molecule has 1 amide bonds. The van der Waals surface area contributed by atoms with E-state index in [1.807, 2.05) is 55.5 Å². The van der Waals surface area contributed by atoms with E-state index in [9.17, 15) is 4.79 Å². The summed E-state index contributed by atoms with van der Waals surface area (Å²) in [5, 5.41) is 0.190. The maximum atomic E-state index is 12.2. The van der Waals surface area contributed by atoms with Gasteiger partial charge in [-0.05, 0) is 17.5 Å². The molecule has 0 fully saturated rings. The van der Waals surface area contributed by atoms with Crippen LogP contribution in [0.2, 0.25) is 0 Å². The molecule has 2 aromatic rings. The van der Waals surface area contributed by atoms with E-state index in [0.717, 1.165) is 39.5 Å². The van der Waals surface area contributed by atoms with Gasteiger partial charge in [0.05, 0.1) is 0 Å². The maximum absolute atomic E-state index is 12.2. The van der Waals surface area contributed by atoms with Crippen LogP contribution in [0.4, 0.5) is 5.82 Å². The van der Waals surface area contributed by atoms with Crippen molar-refractivity contribution in [2.45, 2.75) is 23.6 Å². The summed E-state index contributed by atoms with van der Waals surface area (Å²) in [6, 6.07) is 9.52. The third-order valence-electron chi connectivity index (χ3n) is 4.21. The second kappa shape index (κ2) is 10.0. The fraction of sp³-hybridized carbons (Fsp3) is 0.333. The van der Waals surface area contributed by atoms with Crippen LogP contribution in [0.25, 0.3) is 0 Å². The van der Waals surface area contributed by atoms with E-state index >= 15 is 0 Å². The summed E-state index contributed by atoms with van der Waals surface area (Å²) >= 11 is 1.36. The van der Waals surface area contributed by atoms with Gasteiger partial charge < -0.3 is 10.6 Å². The highest BCUT2D eigenvalue weighted by atomic mass is 32.2. The predicted octanol–water partition coefficient (Wildman–Crippen LogP) is 3.13. The Balaban J connectivity index is 2.70. The number of hydrogen-bond donors (Lipinski definition) is 1. The van der Waals surface area contributed by atoms with Crippen LogP contribution in [0.1, 0.15) is 34.4 Å². The standard InChI is InChI=1S/C21H27N5OS/c1-6-15-16(12-23-2)20(26(4)5)25-21(17(15)13-24-3)28-18(19(22)27)14-10-8-7-9-11-14/h7-13,18H,6H2,1-5H3,(H2,22,27)/t18-/m1/s1. The number of nitrogens with two attached hydrogens (primary N) is 1. The molecule has 1 atom stereocenters. The van der Waals surface area contributed by atoms with E-state index in [1.54, 1.807) is 20.3 Å². The zero-order valence-corrected chi connectivity index (χ0v) is 17.8. The molecule has 2 N–H and O–H groups in total. The molecule has 7 heteroatoms. The molecule has 0 aliphatic heterocycles. The van der Waals surface area contributed by atoms with Gasteiger partial charge in [0.1, 0.15) is 16.1 Å². The minimum Gasteiger partial charge on any atom is -0.368 e. The Bertz CT molecular complexity index is 878.